The van der Waals surface area contributed by atoms with E-state index in [9.17, 15) is 14.0 Å². The molecule has 178 valence electrons. The van der Waals surface area contributed by atoms with Crippen LogP contribution in [0.25, 0.3) is 11.3 Å². The van der Waals surface area contributed by atoms with Gasteiger partial charge in [0.2, 0.25) is 0 Å². The van der Waals surface area contributed by atoms with E-state index in [1.165, 1.54) is 24.3 Å². The molecule has 0 aliphatic carbocycles. The van der Waals surface area contributed by atoms with Gasteiger partial charge in [-0.2, -0.15) is 0 Å². The monoisotopic (exact) mass is 507 g/mol. The van der Waals surface area contributed by atoms with Crippen LogP contribution in [0.1, 0.15) is 29.8 Å². The van der Waals surface area contributed by atoms with Gasteiger partial charge in [0, 0.05) is 21.5 Å². The van der Waals surface area contributed by atoms with Crippen LogP contribution in [0, 0.1) is 5.82 Å². The lowest BCUT2D eigenvalue weighted by molar-refractivity contribution is -0.118. The number of Topliss-reactive ketones (excluding diaryl/α,β-unsaturated/α-hetero) is 1. The minimum Gasteiger partial charge on any atom is -0.343 e. The minimum absolute atomic E-state index is 0.116. The molecule has 1 N–H and O–H groups in total. The molecule has 1 amide bonds. The molecular formula is C27H23ClFN3O2S. The minimum atomic E-state index is -0.559. The molecule has 4 rings (SSSR count). The van der Waals surface area contributed by atoms with Crippen LogP contribution in [-0.4, -0.2) is 22.7 Å². The number of hydrogen-bond acceptors (Lipinski definition) is 5. The number of hydrogen-bond donors (Lipinski definition) is 1. The van der Waals surface area contributed by atoms with Crippen molar-refractivity contribution >= 4 is 45.4 Å². The van der Waals surface area contributed by atoms with E-state index in [1.807, 2.05) is 35.7 Å². The molecule has 0 fully saturated rings. The van der Waals surface area contributed by atoms with E-state index >= 15 is 0 Å². The highest BCUT2D eigenvalue weighted by Crippen LogP contribution is 2.36. The number of carbonyl (C=O) groups excluding carboxylic acids is 2. The van der Waals surface area contributed by atoms with E-state index in [-0.39, 0.29) is 17.5 Å². The molecule has 1 unspecified atom stereocenters. The largest absolute Gasteiger partial charge is 0.343 e. The van der Waals surface area contributed by atoms with Crippen molar-refractivity contribution in [2.45, 2.75) is 26.4 Å². The Morgan fingerprint density at radius 1 is 1.06 bits per heavy atom. The fraction of sp³-hybridized carbons (Fsp3) is 0.148. The van der Waals surface area contributed by atoms with Crippen molar-refractivity contribution in [3.8, 4) is 11.3 Å². The standard InChI is InChI=1S/C27H23ClFN3O2S/c1-17(18(2)33)30-26(34)20-13-11-19(12-14-20)15-32(25-10-6-5-9-23(25)29)27-31-24(16-35-27)21-7-3-4-8-22(21)28/h3-14,16-17H,15H2,1-2H3,(H,30,34). The molecule has 0 saturated carbocycles. The van der Waals surface area contributed by atoms with Gasteiger partial charge in [-0.15, -0.1) is 11.3 Å². The van der Waals surface area contributed by atoms with Crippen molar-refractivity contribution in [1.29, 1.82) is 0 Å². The molecule has 1 heterocycles. The van der Waals surface area contributed by atoms with E-state index in [2.05, 4.69) is 5.32 Å². The van der Waals surface area contributed by atoms with Crippen molar-refractivity contribution in [2.24, 2.45) is 0 Å². The van der Waals surface area contributed by atoms with E-state index < -0.39 is 6.04 Å². The van der Waals surface area contributed by atoms with Gasteiger partial charge in [-0.25, -0.2) is 9.37 Å². The van der Waals surface area contributed by atoms with Crippen LogP contribution < -0.4 is 10.2 Å². The molecular weight excluding hydrogens is 485 g/mol. The van der Waals surface area contributed by atoms with E-state index in [0.29, 0.717) is 33.6 Å². The predicted molar refractivity (Wildman–Crippen MR) is 139 cm³/mol. The summed E-state index contributed by atoms with van der Waals surface area (Å²) in [7, 11) is 0. The van der Waals surface area contributed by atoms with Crippen molar-refractivity contribution < 1.29 is 14.0 Å². The summed E-state index contributed by atoms with van der Waals surface area (Å²) in [4.78, 5) is 30.4. The number of benzene rings is 3. The number of amides is 1. The van der Waals surface area contributed by atoms with E-state index in [1.54, 1.807) is 48.2 Å². The SMILES string of the molecule is CC(=O)C(C)NC(=O)c1ccc(CN(c2nc(-c3ccccc3Cl)cs2)c2ccccc2F)cc1. The maximum absolute atomic E-state index is 14.8. The summed E-state index contributed by atoms with van der Waals surface area (Å²) in [5.41, 5.74) is 3.21. The molecule has 35 heavy (non-hydrogen) atoms. The molecule has 4 aromatic rings. The Labute approximate surface area is 212 Å². The summed E-state index contributed by atoms with van der Waals surface area (Å²) in [6.45, 7) is 3.41. The molecule has 1 aromatic heterocycles. The second kappa shape index (κ2) is 10.8. The Balaban J connectivity index is 1.62. The zero-order chi connectivity index (χ0) is 24.9. The molecule has 5 nitrogen and oxygen atoms in total. The molecule has 0 radical (unpaired) electrons. The average molecular weight is 508 g/mol. The van der Waals surface area contributed by atoms with Crippen LogP contribution in [0.2, 0.25) is 5.02 Å². The zero-order valence-electron chi connectivity index (χ0n) is 19.2. The number of ketones is 1. The third-order valence-corrected chi connectivity index (χ3v) is 6.72. The maximum atomic E-state index is 14.8. The summed E-state index contributed by atoms with van der Waals surface area (Å²) in [6, 6.07) is 20.4. The van der Waals surface area contributed by atoms with Gasteiger partial charge in [0.1, 0.15) is 5.82 Å². The van der Waals surface area contributed by atoms with Crippen LogP contribution in [0.3, 0.4) is 0 Å². The second-order valence-electron chi connectivity index (χ2n) is 8.04. The first-order valence-electron chi connectivity index (χ1n) is 11.0. The Morgan fingerprint density at radius 2 is 1.74 bits per heavy atom. The molecule has 3 aromatic carbocycles. The van der Waals surface area contributed by atoms with Gasteiger partial charge < -0.3 is 10.2 Å². The number of halogens is 2. The normalized spacial score (nSPS) is 11.7. The van der Waals surface area contributed by atoms with Gasteiger partial charge in [0.15, 0.2) is 10.9 Å². The summed E-state index contributed by atoms with van der Waals surface area (Å²) < 4.78 is 14.8. The maximum Gasteiger partial charge on any atom is 0.251 e. The number of para-hydroxylation sites is 1. The Morgan fingerprint density at radius 3 is 2.43 bits per heavy atom. The van der Waals surface area contributed by atoms with Gasteiger partial charge in [0.25, 0.3) is 5.91 Å². The Hall–Kier alpha value is -3.55. The first-order valence-corrected chi connectivity index (χ1v) is 12.2. The summed E-state index contributed by atoms with van der Waals surface area (Å²) in [5, 5.41) is 5.77. The van der Waals surface area contributed by atoms with Crippen LogP contribution in [0.5, 0.6) is 0 Å². The highest BCUT2D eigenvalue weighted by molar-refractivity contribution is 7.14. The lowest BCUT2D eigenvalue weighted by Gasteiger charge is -2.23. The van der Waals surface area contributed by atoms with Crippen LogP contribution in [0.15, 0.2) is 78.2 Å². The predicted octanol–water partition coefficient (Wildman–Crippen LogP) is 6.65. The molecule has 8 heteroatoms. The number of thiazole rings is 1. The smallest absolute Gasteiger partial charge is 0.251 e. The number of aromatic nitrogens is 1. The van der Waals surface area contributed by atoms with Crippen LogP contribution >= 0.6 is 22.9 Å². The van der Waals surface area contributed by atoms with Gasteiger partial charge in [-0.1, -0.05) is 54.1 Å². The third-order valence-electron chi connectivity index (χ3n) is 5.53. The van der Waals surface area contributed by atoms with Crippen LogP contribution in [-0.2, 0) is 11.3 Å². The Kier molecular flexibility index (Phi) is 7.58. The second-order valence-corrected chi connectivity index (χ2v) is 9.28. The van der Waals surface area contributed by atoms with Crippen molar-refractivity contribution in [3.05, 3.63) is 100 Å². The fourth-order valence-electron chi connectivity index (χ4n) is 3.43. The number of rotatable bonds is 8. The first-order chi connectivity index (χ1) is 16.8. The highest BCUT2D eigenvalue weighted by Gasteiger charge is 2.19. The molecule has 0 saturated heterocycles. The average Bonchev–Trinajstić information content (AvgIpc) is 3.33. The lowest BCUT2D eigenvalue weighted by atomic mass is 10.1. The zero-order valence-corrected chi connectivity index (χ0v) is 20.7. The van der Waals surface area contributed by atoms with Crippen molar-refractivity contribution in [3.63, 3.8) is 0 Å². The van der Waals surface area contributed by atoms with Crippen molar-refractivity contribution in [1.82, 2.24) is 10.3 Å². The van der Waals surface area contributed by atoms with E-state index in [4.69, 9.17) is 16.6 Å². The molecule has 0 aliphatic rings. The van der Waals surface area contributed by atoms with Gasteiger partial charge in [0.05, 0.1) is 24.0 Å². The first kappa shape index (κ1) is 24.6. The van der Waals surface area contributed by atoms with Crippen molar-refractivity contribution in [2.75, 3.05) is 4.90 Å². The highest BCUT2D eigenvalue weighted by atomic mass is 35.5. The van der Waals surface area contributed by atoms with Gasteiger partial charge in [-0.3, -0.25) is 9.59 Å². The van der Waals surface area contributed by atoms with Crippen LogP contribution in [0.4, 0.5) is 15.2 Å². The van der Waals surface area contributed by atoms with E-state index in [0.717, 1.165) is 11.1 Å². The number of carbonyl (C=O) groups is 2. The van der Waals surface area contributed by atoms with Gasteiger partial charge >= 0.3 is 0 Å². The molecule has 1 atom stereocenters. The summed E-state index contributed by atoms with van der Waals surface area (Å²) in [6.07, 6.45) is 0. The molecule has 0 aliphatic heterocycles. The van der Waals surface area contributed by atoms with Gasteiger partial charge in [-0.05, 0) is 49.7 Å². The fourth-order valence-corrected chi connectivity index (χ4v) is 4.50. The number of nitrogens with zero attached hydrogens (tertiary/aromatic N) is 2. The topological polar surface area (TPSA) is 62.3 Å². The summed E-state index contributed by atoms with van der Waals surface area (Å²) >= 11 is 7.74. The number of anilines is 2. The lowest BCUT2D eigenvalue weighted by Crippen LogP contribution is -2.37. The molecule has 0 spiro atoms. The number of nitrogens with one attached hydrogen (secondary N) is 1. The quantitative estimate of drug-likeness (QED) is 0.290. The third kappa shape index (κ3) is 5.75. The Bertz CT molecular complexity index is 1360. The summed E-state index contributed by atoms with van der Waals surface area (Å²) in [5.74, 6) is -0.805. The molecule has 0 bridgehead atoms.